The van der Waals surface area contributed by atoms with Gasteiger partial charge >= 0.3 is 0 Å². The van der Waals surface area contributed by atoms with Gasteiger partial charge in [-0.15, -0.1) is 0 Å². The molecule has 1 atom stereocenters. The first-order chi connectivity index (χ1) is 10.0. The Morgan fingerprint density at radius 2 is 2.14 bits per heavy atom. The standard InChI is InChI=1S/C15H13BrClNO2S/c16-11-5-9-3-4-20-15(9)10(6-11)8-21(19)12-1-2-14(18)13(17)7-12/h1-2,5-7H,3-4,8,18H2. The maximum atomic E-state index is 12.5. The quantitative estimate of drug-likeness (QED) is 0.813. The first-order valence-corrected chi connectivity index (χ1v) is 8.91. The van der Waals surface area contributed by atoms with Gasteiger partial charge in [-0.25, -0.2) is 0 Å². The number of nitrogen functional groups attached to an aromatic ring is 1. The van der Waals surface area contributed by atoms with Gasteiger partial charge in [0.1, 0.15) is 5.75 Å². The van der Waals surface area contributed by atoms with E-state index in [0.29, 0.717) is 28.0 Å². The number of ether oxygens (including phenoxy) is 1. The van der Waals surface area contributed by atoms with Gasteiger partial charge in [-0.2, -0.15) is 0 Å². The van der Waals surface area contributed by atoms with E-state index in [9.17, 15) is 4.21 Å². The number of hydrogen-bond acceptors (Lipinski definition) is 3. The summed E-state index contributed by atoms with van der Waals surface area (Å²) < 4.78 is 19.2. The second kappa shape index (κ2) is 5.99. The summed E-state index contributed by atoms with van der Waals surface area (Å²) in [5.74, 6) is 1.26. The number of benzene rings is 2. The fourth-order valence-corrected chi connectivity index (χ4v) is 4.26. The highest BCUT2D eigenvalue weighted by Gasteiger charge is 2.19. The number of rotatable bonds is 3. The van der Waals surface area contributed by atoms with E-state index >= 15 is 0 Å². The minimum Gasteiger partial charge on any atom is -0.493 e. The van der Waals surface area contributed by atoms with Crippen LogP contribution in [-0.4, -0.2) is 10.8 Å². The molecule has 6 heteroatoms. The van der Waals surface area contributed by atoms with Crippen molar-refractivity contribution in [2.75, 3.05) is 12.3 Å². The topological polar surface area (TPSA) is 52.3 Å². The third kappa shape index (κ3) is 3.10. The maximum Gasteiger partial charge on any atom is 0.126 e. The number of fused-ring (bicyclic) bond motifs is 1. The molecule has 2 N–H and O–H groups in total. The van der Waals surface area contributed by atoms with E-state index in [0.717, 1.165) is 27.8 Å². The Morgan fingerprint density at radius 1 is 1.33 bits per heavy atom. The molecule has 0 bridgehead atoms. The van der Waals surface area contributed by atoms with Crippen LogP contribution in [0.5, 0.6) is 5.75 Å². The molecule has 0 spiro atoms. The molecule has 1 heterocycles. The molecule has 0 aliphatic carbocycles. The smallest absolute Gasteiger partial charge is 0.126 e. The molecule has 1 unspecified atom stereocenters. The Bertz CT molecular complexity index is 736. The van der Waals surface area contributed by atoms with Gasteiger partial charge in [-0.1, -0.05) is 27.5 Å². The molecule has 0 amide bonds. The monoisotopic (exact) mass is 385 g/mol. The summed E-state index contributed by atoms with van der Waals surface area (Å²) in [4.78, 5) is 0.668. The molecule has 2 aromatic rings. The highest BCUT2D eigenvalue weighted by Crippen LogP contribution is 2.34. The summed E-state index contributed by atoms with van der Waals surface area (Å²) in [5, 5.41) is 0.427. The third-order valence-corrected chi connectivity index (χ3v) is 5.48. The molecule has 0 fully saturated rings. The van der Waals surface area contributed by atoms with E-state index < -0.39 is 10.8 Å². The van der Waals surface area contributed by atoms with Crippen molar-refractivity contribution >= 4 is 44.0 Å². The van der Waals surface area contributed by atoms with E-state index in [4.69, 9.17) is 22.1 Å². The van der Waals surface area contributed by atoms with Crippen molar-refractivity contribution in [1.82, 2.24) is 0 Å². The summed E-state index contributed by atoms with van der Waals surface area (Å²) >= 11 is 9.48. The Kier molecular flexibility index (Phi) is 4.24. The molecule has 110 valence electrons. The fourth-order valence-electron chi connectivity index (χ4n) is 2.33. The molecule has 2 aromatic carbocycles. The summed E-state index contributed by atoms with van der Waals surface area (Å²) in [6, 6.07) is 9.09. The molecular formula is C15H13BrClNO2S. The van der Waals surface area contributed by atoms with E-state index in [2.05, 4.69) is 22.0 Å². The predicted octanol–water partition coefficient (Wildman–Crippen LogP) is 3.93. The van der Waals surface area contributed by atoms with Gasteiger partial charge in [-0.3, -0.25) is 4.21 Å². The zero-order chi connectivity index (χ0) is 15.0. The number of anilines is 1. The molecule has 0 radical (unpaired) electrons. The van der Waals surface area contributed by atoms with E-state index in [1.165, 1.54) is 0 Å². The summed E-state index contributed by atoms with van der Waals surface area (Å²) in [6.45, 7) is 0.680. The van der Waals surface area contributed by atoms with Crippen LogP contribution in [0.4, 0.5) is 5.69 Å². The van der Waals surface area contributed by atoms with Crippen LogP contribution in [0.2, 0.25) is 5.02 Å². The SMILES string of the molecule is Nc1ccc(S(=O)Cc2cc(Br)cc3c2OCC3)cc1Cl. The van der Waals surface area contributed by atoms with Gasteiger partial charge in [0.15, 0.2) is 0 Å². The summed E-state index contributed by atoms with van der Waals surface area (Å²) in [6.07, 6.45) is 0.891. The Morgan fingerprint density at radius 3 is 2.90 bits per heavy atom. The van der Waals surface area contributed by atoms with Gasteiger partial charge in [0, 0.05) is 21.4 Å². The minimum atomic E-state index is -1.19. The van der Waals surface area contributed by atoms with Crippen LogP contribution in [0.3, 0.4) is 0 Å². The highest BCUT2D eigenvalue weighted by atomic mass is 79.9. The first kappa shape index (κ1) is 14.9. The van der Waals surface area contributed by atoms with Crippen LogP contribution in [0.25, 0.3) is 0 Å². The van der Waals surface area contributed by atoms with Crippen molar-refractivity contribution in [3.8, 4) is 5.75 Å². The molecule has 0 saturated carbocycles. The average Bonchev–Trinajstić information content (AvgIpc) is 2.90. The van der Waals surface area contributed by atoms with Crippen molar-refractivity contribution in [3.63, 3.8) is 0 Å². The Balaban J connectivity index is 1.90. The zero-order valence-electron chi connectivity index (χ0n) is 11.1. The van der Waals surface area contributed by atoms with Gasteiger partial charge < -0.3 is 10.5 Å². The summed E-state index contributed by atoms with van der Waals surface area (Å²) in [5.41, 5.74) is 8.27. The Labute approximate surface area is 139 Å². The molecule has 0 aromatic heterocycles. The first-order valence-electron chi connectivity index (χ1n) is 6.42. The van der Waals surface area contributed by atoms with Crippen LogP contribution in [0.1, 0.15) is 11.1 Å². The van der Waals surface area contributed by atoms with E-state index in [-0.39, 0.29) is 0 Å². The van der Waals surface area contributed by atoms with Gasteiger partial charge in [0.25, 0.3) is 0 Å². The van der Waals surface area contributed by atoms with E-state index in [1.54, 1.807) is 18.2 Å². The molecule has 3 rings (SSSR count). The van der Waals surface area contributed by atoms with Crippen LogP contribution >= 0.6 is 27.5 Å². The van der Waals surface area contributed by atoms with Gasteiger partial charge in [-0.05, 0) is 35.9 Å². The second-order valence-corrected chi connectivity index (χ2v) is 7.60. The molecular weight excluding hydrogens is 374 g/mol. The minimum absolute atomic E-state index is 0.391. The number of halogens is 2. The zero-order valence-corrected chi connectivity index (χ0v) is 14.2. The van der Waals surface area contributed by atoms with Crippen molar-refractivity contribution < 1.29 is 8.95 Å². The van der Waals surface area contributed by atoms with Crippen molar-refractivity contribution in [1.29, 1.82) is 0 Å². The number of nitrogens with two attached hydrogens (primary N) is 1. The van der Waals surface area contributed by atoms with Gasteiger partial charge in [0.2, 0.25) is 0 Å². The maximum absolute atomic E-state index is 12.5. The van der Waals surface area contributed by atoms with Crippen LogP contribution in [0, 0.1) is 0 Å². The van der Waals surface area contributed by atoms with Crippen LogP contribution in [-0.2, 0) is 23.0 Å². The van der Waals surface area contributed by atoms with Crippen molar-refractivity contribution in [2.45, 2.75) is 17.1 Å². The molecule has 21 heavy (non-hydrogen) atoms. The Hall–Kier alpha value is -1.04. The largest absolute Gasteiger partial charge is 0.493 e. The highest BCUT2D eigenvalue weighted by molar-refractivity contribution is 9.10. The second-order valence-electron chi connectivity index (χ2n) is 4.82. The van der Waals surface area contributed by atoms with E-state index in [1.807, 2.05) is 6.07 Å². The third-order valence-electron chi connectivity index (χ3n) is 3.35. The average molecular weight is 387 g/mol. The lowest BCUT2D eigenvalue weighted by molar-refractivity contribution is 0.354. The molecule has 3 nitrogen and oxygen atoms in total. The molecule has 1 aliphatic rings. The molecule has 0 saturated heterocycles. The van der Waals surface area contributed by atoms with Gasteiger partial charge in [0.05, 0.1) is 33.9 Å². The molecule has 1 aliphatic heterocycles. The fraction of sp³-hybridized carbons (Fsp3) is 0.200. The van der Waals surface area contributed by atoms with Crippen LogP contribution in [0.15, 0.2) is 39.7 Å². The predicted molar refractivity (Wildman–Crippen MR) is 89.3 cm³/mol. The lowest BCUT2D eigenvalue weighted by Gasteiger charge is -2.10. The summed E-state index contributed by atoms with van der Waals surface area (Å²) in [7, 11) is -1.19. The van der Waals surface area contributed by atoms with Crippen molar-refractivity contribution in [2.24, 2.45) is 0 Å². The normalized spacial score (nSPS) is 14.6. The van der Waals surface area contributed by atoms with Crippen LogP contribution < -0.4 is 10.5 Å². The number of hydrogen-bond donors (Lipinski definition) is 1. The van der Waals surface area contributed by atoms with Crippen molar-refractivity contribution in [3.05, 3.63) is 51.0 Å². The lowest BCUT2D eigenvalue weighted by atomic mass is 10.1. The lowest BCUT2D eigenvalue weighted by Crippen LogP contribution is -2.00.